The lowest BCUT2D eigenvalue weighted by Crippen LogP contribution is -2.36. The molecule has 2 N–H and O–H groups in total. The average Bonchev–Trinajstić information content (AvgIpc) is 3.64. The van der Waals surface area contributed by atoms with Gasteiger partial charge in [-0.15, -0.1) is 0 Å². The summed E-state index contributed by atoms with van der Waals surface area (Å²) in [4.78, 5) is 15.5. The van der Waals surface area contributed by atoms with Gasteiger partial charge < -0.3 is 19.5 Å². The van der Waals surface area contributed by atoms with Crippen LogP contribution in [0.4, 0.5) is 0 Å². The number of nitrogens with one attached hydrogen (secondary N) is 1. The summed E-state index contributed by atoms with van der Waals surface area (Å²) in [6, 6.07) is 24.6. The number of carbonyl (C=O) groups excluding carboxylic acids is 1. The van der Waals surface area contributed by atoms with Gasteiger partial charge in [-0.05, 0) is 48.2 Å². The Labute approximate surface area is 209 Å². The zero-order valence-corrected chi connectivity index (χ0v) is 19.8. The van der Waals surface area contributed by atoms with Gasteiger partial charge in [-0.1, -0.05) is 54.6 Å². The lowest BCUT2D eigenvalue weighted by atomic mass is 9.95. The molecule has 1 saturated heterocycles. The minimum atomic E-state index is -0.384. The van der Waals surface area contributed by atoms with Gasteiger partial charge in [0.15, 0.2) is 0 Å². The topological polar surface area (TPSA) is 87.7 Å². The molecule has 0 spiro atoms. The Kier molecular flexibility index (Phi) is 5.91. The molecule has 7 heteroatoms. The summed E-state index contributed by atoms with van der Waals surface area (Å²) in [5.74, 6) is 0.729. The number of fused-ring (bicyclic) bond motifs is 1. The van der Waals surface area contributed by atoms with Crippen LogP contribution in [-0.4, -0.2) is 45.4 Å². The predicted octanol–water partition coefficient (Wildman–Crippen LogP) is 5.09. The van der Waals surface area contributed by atoms with Crippen LogP contribution in [0.25, 0.3) is 11.3 Å². The van der Waals surface area contributed by atoms with Gasteiger partial charge in [-0.3, -0.25) is 9.89 Å². The van der Waals surface area contributed by atoms with Crippen LogP contribution >= 0.6 is 0 Å². The van der Waals surface area contributed by atoms with Crippen molar-refractivity contribution >= 4 is 5.91 Å². The highest BCUT2D eigenvalue weighted by Gasteiger charge is 2.43. The van der Waals surface area contributed by atoms with Crippen molar-refractivity contribution in [2.24, 2.45) is 0 Å². The molecule has 0 unspecified atom stereocenters. The second-order valence-electron chi connectivity index (χ2n) is 9.22. The molecule has 0 radical (unpaired) electrons. The number of nitrogens with zero attached hydrogens (tertiary/aromatic N) is 2. The Hall–Kier alpha value is -4.10. The van der Waals surface area contributed by atoms with Crippen molar-refractivity contribution in [2.75, 3.05) is 13.2 Å². The van der Waals surface area contributed by atoms with Crippen molar-refractivity contribution in [3.8, 4) is 22.8 Å². The molecule has 1 aromatic heterocycles. The zero-order valence-electron chi connectivity index (χ0n) is 19.8. The molecule has 3 heterocycles. The van der Waals surface area contributed by atoms with Crippen LogP contribution < -0.4 is 4.74 Å². The van der Waals surface area contributed by atoms with E-state index in [0.29, 0.717) is 30.1 Å². The van der Waals surface area contributed by atoms with Gasteiger partial charge in [0.05, 0.1) is 12.1 Å². The molecule has 7 nitrogen and oxygen atoms in total. The summed E-state index contributed by atoms with van der Waals surface area (Å²) < 4.78 is 12.0. The van der Waals surface area contributed by atoms with Crippen LogP contribution in [0.2, 0.25) is 0 Å². The Balaban J connectivity index is 1.39. The highest BCUT2D eigenvalue weighted by atomic mass is 16.5. The number of ether oxygens (including phenoxy) is 2. The number of benzene rings is 3. The van der Waals surface area contributed by atoms with E-state index in [-0.39, 0.29) is 23.8 Å². The van der Waals surface area contributed by atoms with E-state index in [4.69, 9.17) is 9.47 Å². The number of para-hydroxylation sites is 1. The van der Waals surface area contributed by atoms with Crippen molar-refractivity contribution in [1.29, 1.82) is 0 Å². The van der Waals surface area contributed by atoms with Crippen LogP contribution in [0.1, 0.15) is 46.1 Å². The van der Waals surface area contributed by atoms with Crippen molar-refractivity contribution in [2.45, 2.75) is 31.6 Å². The fourth-order valence-corrected chi connectivity index (χ4v) is 5.13. The van der Waals surface area contributed by atoms with Crippen molar-refractivity contribution < 1.29 is 19.4 Å². The first-order valence-corrected chi connectivity index (χ1v) is 12.2. The van der Waals surface area contributed by atoms with E-state index >= 15 is 0 Å². The molecule has 4 aromatic rings. The Morgan fingerprint density at radius 3 is 2.69 bits per heavy atom. The van der Waals surface area contributed by atoms with Crippen LogP contribution in [0.5, 0.6) is 11.5 Å². The number of carbonyl (C=O) groups is 1. The molecule has 2 atom stereocenters. The minimum Gasteiger partial charge on any atom is -0.507 e. The van der Waals surface area contributed by atoms with Gasteiger partial charge in [-0.2, -0.15) is 5.10 Å². The average molecular weight is 482 g/mol. The highest BCUT2D eigenvalue weighted by Crippen LogP contribution is 2.45. The third-order valence-electron chi connectivity index (χ3n) is 6.87. The highest BCUT2D eigenvalue weighted by molar-refractivity contribution is 6.00. The summed E-state index contributed by atoms with van der Waals surface area (Å²) in [5.41, 5.74) is 4.38. The van der Waals surface area contributed by atoms with Gasteiger partial charge in [0, 0.05) is 24.3 Å². The van der Waals surface area contributed by atoms with Crippen LogP contribution in [0.3, 0.4) is 0 Å². The van der Waals surface area contributed by atoms with E-state index in [1.807, 2.05) is 71.6 Å². The summed E-state index contributed by atoms with van der Waals surface area (Å²) >= 11 is 0. The Bertz CT molecular complexity index is 1380. The van der Waals surface area contributed by atoms with E-state index in [9.17, 15) is 9.90 Å². The molecule has 0 aliphatic carbocycles. The van der Waals surface area contributed by atoms with Crippen LogP contribution in [-0.2, 0) is 11.3 Å². The smallest absolute Gasteiger partial charge is 0.273 e. The van der Waals surface area contributed by atoms with Gasteiger partial charge in [0.1, 0.15) is 29.5 Å². The molecule has 182 valence electrons. The van der Waals surface area contributed by atoms with Crippen LogP contribution in [0, 0.1) is 0 Å². The number of aromatic hydroxyl groups is 1. The molecule has 2 aliphatic rings. The Morgan fingerprint density at radius 2 is 1.89 bits per heavy atom. The normalized spacial score (nSPS) is 19.0. The molecule has 2 aliphatic heterocycles. The van der Waals surface area contributed by atoms with E-state index in [2.05, 4.69) is 10.2 Å². The number of amides is 1. The quantitative estimate of drug-likeness (QED) is 0.384. The SMILES string of the molecule is O=C1c2[nH]nc(-c3ccccc3O)c2[C@@H](c2cccc(OCc3ccccc3)c2)N1C[C@@H]1CCCO1. The van der Waals surface area contributed by atoms with Gasteiger partial charge in [0.25, 0.3) is 5.91 Å². The molecular formula is C29H27N3O4. The fourth-order valence-electron chi connectivity index (χ4n) is 5.13. The number of aromatic amines is 1. The first kappa shape index (κ1) is 22.4. The number of phenols is 1. The van der Waals surface area contributed by atoms with E-state index < -0.39 is 0 Å². The van der Waals surface area contributed by atoms with Crippen LogP contribution in [0.15, 0.2) is 78.9 Å². The first-order valence-electron chi connectivity index (χ1n) is 12.2. The molecule has 6 rings (SSSR count). The molecule has 36 heavy (non-hydrogen) atoms. The number of phenolic OH excluding ortho intramolecular Hbond substituents is 1. The number of hydrogen-bond acceptors (Lipinski definition) is 5. The van der Waals surface area contributed by atoms with E-state index in [1.165, 1.54) is 0 Å². The van der Waals surface area contributed by atoms with Gasteiger partial charge in [-0.25, -0.2) is 0 Å². The summed E-state index contributed by atoms with van der Waals surface area (Å²) in [6.07, 6.45) is 1.92. The molecule has 1 fully saturated rings. The lowest BCUT2D eigenvalue weighted by molar-refractivity contribution is 0.0495. The van der Waals surface area contributed by atoms with Crippen molar-refractivity contribution in [1.82, 2.24) is 15.1 Å². The third-order valence-corrected chi connectivity index (χ3v) is 6.87. The maximum absolute atomic E-state index is 13.6. The number of aromatic nitrogens is 2. The van der Waals surface area contributed by atoms with E-state index in [0.717, 1.165) is 41.9 Å². The molecular weight excluding hydrogens is 454 g/mol. The van der Waals surface area contributed by atoms with Gasteiger partial charge in [0.2, 0.25) is 0 Å². The maximum Gasteiger partial charge on any atom is 0.273 e. The standard InChI is InChI=1S/C29H27N3O4/c33-24-14-5-4-13-23(24)26-25-27(31-30-26)29(34)32(17-22-12-7-15-35-22)28(25)20-10-6-11-21(16-20)36-18-19-8-2-1-3-9-19/h1-6,8-11,13-14,16,22,28,33H,7,12,15,17-18H2,(H,30,31)/t22-,28+/m0/s1. The molecule has 1 amide bonds. The second-order valence-corrected chi connectivity index (χ2v) is 9.22. The minimum absolute atomic E-state index is 0.000457. The summed E-state index contributed by atoms with van der Waals surface area (Å²) in [5, 5.41) is 18.0. The van der Waals surface area contributed by atoms with E-state index in [1.54, 1.807) is 12.1 Å². The number of hydrogen-bond donors (Lipinski definition) is 2. The number of rotatable bonds is 7. The van der Waals surface area contributed by atoms with Crippen molar-refractivity contribution in [3.63, 3.8) is 0 Å². The summed E-state index contributed by atoms with van der Waals surface area (Å²) in [7, 11) is 0. The number of H-pyrrole nitrogens is 1. The first-order chi connectivity index (χ1) is 17.7. The lowest BCUT2D eigenvalue weighted by Gasteiger charge is -2.28. The fraction of sp³-hybridized carbons (Fsp3) is 0.241. The largest absolute Gasteiger partial charge is 0.507 e. The Morgan fingerprint density at radius 1 is 1.06 bits per heavy atom. The molecule has 0 bridgehead atoms. The summed E-state index contributed by atoms with van der Waals surface area (Å²) in [6.45, 7) is 1.66. The van der Waals surface area contributed by atoms with Crippen molar-refractivity contribution in [3.05, 3.63) is 101 Å². The third kappa shape index (κ3) is 4.12. The second kappa shape index (κ2) is 9.51. The zero-order chi connectivity index (χ0) is 24.5. The maximum atomic E-state index is 13.6. The predicted molar refractivity (Wildman–Crippen MR) is 135 cm³/mol. The molecule has 3 aromatic carbocycles. The monoisotopic (exact) mass is 481 g/mol. The van der Waals surface area contributed by atoms with Gasteiger partial charge >= 0.3 is 0 Å². The molecule has 0 saturated carbocycles.